The van der Waals surface area contributed by atoms with Gasteiger partial charge in [0.25, 0.3) is 11.8 Å². The Kier molecular flexibility index (Phi) is 6.98. The number of amides is 2. The van der Waals surface area contributed by atoms with Gasteiger partial charge in [-0.1, -0.05) is 36.0 Å². The fraction of sp³-hybridized carbons (Fsp3) is 0.267. The van der Waals surface area contributed by atoms with Gasteiger partial charge in [-0.15, -0.1) is 0 Å². The maximum atomic E-state index is 13.5. The molecule has 0 aliphatic carbocycles. The Balaban J connectivity index is 1.33. The maximum Gasteiger partial charge on any atom is 0.264 e. The third kappa shape index (κ3) is 5.09. The number of fused-ring (bicyclic) bond motifs is 1. The zero-order valence-electron chi connectivity index (χ0n) is 21.6. The first kappa shape index (κ1) is 25.0. The summed E-state index contributed by atoms with van der Waals surface area (Å²) in [5.41, 5.74) is 4.70. The standard InChI is InChI=1S/C30H31N3O3S/c1-20-7-5-9-24(15-20)33-14-13-32(19-21(33)2)29(34)23-11-12-27-26(18-23)31(3)30(35)28(37-27)17-22-8-6-10-25(16-22)36-4/h5-12,15-18,21H,13-14,19H2,1-4H3/b28-17-/t21-/m0/s1. The highest BCUT2D eigenvalue weighted by Gasteiger charge is 2.30. The number of anilines is 2. The van der Waals surface area contributed by atoms with Gasteiger partial charge in [0, 0.05) is 48.9 Å². The van der Waals surface area contributed by atoms with Gasteiger partial charge in [0.05, 0.1) is 17.7 Å². The number of nitrogens with zero attached hydrogens (tertiary/aromatic N) is 3. The summed E-state index contributed by atoms with van der Waals surface area (Å²) in [5.74, 6) is 0.654. The van der Waals surface area contributed by atoms with Crippen LogP contribution in [0.1, 0.15) is 28.4 Å². The number of methoxy groups -OCH3 is 1. The molecule has 2 aliphatic heterocycles. The molecule has 0 bridgehead atoms. The Bertz CT molecular complexity index is 1390. The SMILES string of the molecule is COc1cccc(/C=C2\Sc3ccc(C(=O)N4CCN(c5cccc(C)c5)[C@@H](C)C4)cc3N(C)C2=O)c1. The molecule has 1 atom stereocenters. The lowest BCUT2D eigenvalue weighted by Crippen LogP contribution is -2.53. The second-order valence-electron chi connectivity index (χ2n) is 9.57. The Morgan fingerprint density at radius 3 is 2.62 bits per heavy atom. The molecule has 7 heteroatoms. The van der Waals surface area contributed by atoms with Crippen molar-refractivity contribution in [2.45, 2.75) is 24.8 Å². The fourth-order valence-corrected chi connectivity index (χ4v) is 6.02. The average Bonchev–Trinajstić information content (AvgIpc) is 2.91. The predicted molar refractivity (Wildman–Crippen MR) is 151 cm³/mol. The molecule has 3 aromatic rings. The number of likely N-dealkylation sites (N-methyl/N-ethyl adjacent to an activating group) is 1. The van der Waals surface area contributed by atoms with E-state index in [0.717, 1.165) is 28.4 Å². The number of ether oxygens (including phenoxy) is 1. The highest BCUT2D eigenvalue weighted by molar-refractivity contribution is 8.04. The van der Waals surface area contributed by atoms with E-state index in [2.05, 4.69) is 43.0 Å². The van der Waals surface area contributed by atoms with Gasteiger partial charge in [-0.05, 0) is 73.5 Å². The molecule has 190 valence electrons. The molecule has 3 aromatic carbocycles. The molecule has 0 aromatic heterocycles. The number of hydrogen-bond acceptors (Lipinski definition) is 5. The minimum atomic E-state index is -0.0923. The van der Waals surface area contributed by atoms with Crippen LogP contribution in [0.15, 0.2) is 76.5 Å². The van der Waals surface area contributed by atoms with Crippen molar-refractivity contribution in [1.82, 2.24) is 4.90 Å². The third-order valence-corrected chi connectivity index (χ3v) is 8.02. The van der Waals surface area contributed by atoms with Crippen LogP contribution in [0.4, 0.5) is 11.4 Å². The van der Waals surface area contributed by atoms with Crippen molar-refractivity contribution in [2.24, 2.45) is 0 Å². The molecular formula is C30H31N3O3S. The number of benzene rings is 3. The second kappa shape index (κ2) is 10.3. The second-order valence-corrected chi connectivity index (χ2v) is 10.7. The zero-order chi connectivity index (χ0) is 26.1. The first-order valence-corrected chi connectivity index (χ1v) is 13.2. The van der Waals surface area contributed by atoms with E-state index in [4.69, 9.17) is 4.74 Å². The van der Waals surface area contributed by atoms with Crippen LogP contribution in [0.2, 0.25) is 0 Å². The summed E-state index contributed by atoms with van der Waals surface area (Å²) >= 11 is 1.43. The van der Waals surface area contributed by atoms with Gasteiger partial charge in [-0.2, -0.15) is 0 Å². The molecule has 0 unspecified atom stereocenters. The molecule has 0 saturated carbocycles. The number of carbonyl (C=O) groups is 2. The first-order chi connectivity index (χ1) is 17.8. The minimum Gasteiger partial charge on any atom is -0.497 e. The summed E-state index contributed by atoms with van der Waals surface area (Å²) in [6.45, 7) is 6.36. The highest BCUT2D eigenvalue weighted by atomic mass is 32.2. The fourth-order valence-electron chi connectivity index (χ4n) is 4.92. The van der Waals surface area contributed by atoms with Crippen molar-refractivity contribution in [1.29, 1.82) is 0 Å². The van der Waals surface area contributed by atoms with Crippen LogP contribution in [0.25, 0.3) is 6.08 Å². The third-order valence-electron chi connectivity index (χ3n) is 6.94. The maximum absolute atomic E-state index is 13.5. The lowest BCUT2D eigenvalue weighted by molar-refractivity contribution is -0.114. The molecule has 37 heavy (non-hydrogen) atoms. The van der Waals surface area contributed by atoms with Crippen LogP contribution in [0, 0.1) is 6.92 Å². The van der Waals surface area contributed by atoms with Crippen molar-refractivity contribution in [3.8, 4) is 5.75 Å². The van der Waals surface area contributed by atoms with Crippen molar-refractivity contribution in [3.05, 3.63) is 88.3 Å². The molecule has 2 aliphatic rings. The monoisotopic (exact) mass is 513 g/mol. The summed E-state index contributed by atoms with van der Waals surface area (Å²) in [7, 11) is 3.39. The van der Waals surface area contributed by atoms with Crippen molar-refractivity contribution >= 4 is 41.0 Å². The summed E-state index contributed by atoms with van der Waals surface area (Å²) in [6, 6.07) is 22.0. The quantitative estimate of drug-likeness (QED) is 0.434. The number of carbonyl (C=O) groups excluding carboxylic acids is 2. The largest absolute Gasteiger partial charge is 0.497 e. The number of rotatable bonds is 4. The van der Waals surface area contributed by atoms with Gasteiger partial charge in [0.2, 0.25) is 0 Å². The van der Waals surface area contributed by atoms with Crippen LogP contribution in [-0.2, 0) is 4.79 Å². The molecule has 5 rings (SSSR count). The molecule has 6 nitrogen and oxygen atoms in total. The number of thioether (sulfide) groups is 1. The minimum absolute atomic E-state index is 0.00195. The predicted octanol–water partition coefficient (Wildman–Crippen LogP) is 5.46. The number of hydrogen-bond donors (Lipinski definition) is 0. The number of piperazine rings is 1. The molecule has 0 N–H and O–H groups in total. The Hall–Kier alpha value is -3.71. The first-order valence-electron chi connectivity index (χ1n) is 12.4. The smallest absolute Gasteiger partial charge is 0.264 e. The summed E-state index contributed by atoms with van der Waals surface area (Å²) in [6.07, 6.45) is 1.88. The Morgan fingerprint density at radius 2 is 1.86 bits per heavy atom. The van der Waals surface area contributed by atoms with Gasteiger partial charge in [-0.3, -0.25) is 9.59 Å². The molecular weight excluding hydrogens is 482 g/mol. The van der Waals surface area contributed by atoms with E-state index in [1.165, 1.54) is 23.0 Å². The van der Waals surface area contributed by atoms with Gasteiger partial charge < -0.3 is 19.4 Å². The van der Waals surface area contributed by atoms with Crippen molar-refractivity contribution < 1.29 is 14.3 Å². The molecule has 1 saturated heterocycles. The van der Waals surface area contributed by atoms with Crippen LogP contribution < -0.4 is 14.5 Å². The van der Waals surface area contributed by atoms with Gasteiger partial charge >= 0.3 is 0 Å². The van der Waals surface area contributed by atoms with Gasteiger partial charge in [0.15, 0.2) is 0 Å². The van der Waals surface area contributed by atoms with Crippen LogP contribution in [-0.4, -0.2) is 56.5 Å². The van der Waals surface area contributed by atoms with Gasteiger partial charge in [-0.25, -0.2) is 0 Å². The number of aryl methyl sites for hydroxylation is 1. The lowest BCUT2D eigenvalue weighted by atomic mass is 10.1. The lowest BCUT2D eigenvalue weighted by Gasteiger charge is -2.41. The van der Waals surface area contributed by atoms with Crippen molar-refractivity contribution in [3.63, 3.8) is 0 Å². The molecule has 1 fully saturated rings. The molecule has 0 spiro atoms. The molecule has 0 radical (unpaired) electrons. The van der Waals surface area contributed by atoms with Crippen molar-refractivity contribution in [2.75, 3.05) is 43.6 Å². The van der Waals surface area contributed by atoms with Crippen LogP contribution in [0.3, 0.4) is 0 Å². The summed E-state index contributed by atoms with van der Waals surface area (Å²) < 4.78 is 5.30. The van der Waals surface area contributed by atoms with E-state index < -0.39 is 0 Å². The van der Waals surface area contributed by atoms with E-state index in [1.54, 1.807) is 19.1 Å². The average molecular weight is 514 g/mol. The summed E-state index contributed by atoms with van der Waals surface area (Å²) in [4.78, 5) is 34.1. The topological polar surface area (TPSA) is 53.1 Å². The summed E-state index contributed by atoms with van der Waals surface area (Å²) in [5, 5.41) is 0. The van der Waals surface area contributed by atoms with Crippen LogP contribution >= 0.6 is 11.8 Å². The zero-order valence-corrected chi connectivity index (χ0v) is 22.4. The van der Waals surface area contributed by atoms with E-state index in [0.29, 0.717) is 23.6 Å². The van der Waals surface area contributed by atoms with E-state index in [-0.39, 0.29) is 17.9 Å². The van der Waals surface area contributed by atoms with E-state index >= 15 is 0 Å². The molecule has 2 heterocycles. The van der Waals surface area contributed by atoms with E-state index in [1.807, 2.05) is 53.4 Å². The van der Waals surface area contributed by atoms with Crippen LogP contribution in [0.5, 0.6) is 5.75 Å². The van der Waals surface area contributed by atoms with Gasteiger partial charge in [0.1, 0.15) is 5.75 Å². The Labute approximate surface area is 222 Å². The molecule has 2 amide bonds. The Morgan fingerprint density at radius 1 is 1.05 bits per heavy atom. The normalized spacial score (nSPS) is 18.7. The highest BCUT2D eigenvalue weighted by Crippen LogP contribution is 2.42. The van der Waals surface area contributed by atoms with E-state index in [9.17, 15) is 9.59 Å².